The minimum atomic E-state index is -0.311. The molecule has 1 unspecified atom stereocenters. The summed E-state index contributed by atoms with van der Waals surface area (Å²) in [4.78, 5) is 8.46. The summed E-state index contributed by atoms with van der Waals surface area (Å²) < 4.78 is 12.8. The predicted molar refractivity (Wildman–Crippen MR) is 73.1 cm³/mol. The second kappa shape index (κ2) is 6.38. The summed E-state index contributed by atoms with van der Waals surface area (Å²) in [6.45, 7) is 4.81. The van der Waals surface area contributed by atoms with Crippen LogP contribution in [0.15, 0.2) is 36.7 Å². The highest BCUT2D eigenvalue weighted by molar-refractivity contribution is 5.19. The third-order valence-electron chi connectivity index (χ3n) is 3.14. The van der Waals surface area contributed by atoms with Crippen LogP contribution in [0.1, 0.15) is 36.8 Å². The fraction of sp³-hybridized carbons (Fsp3) is 0.333. The zero-order chi connectivity index (χ0) is 13.7. The zero-order valence-corrected chi connectivity index (χ0v) is 11.2. The first-order chi connectivity index (χ1) is 9.20. The number of hydrogen-bond donors (Lipinski definition) is 1. The number of hydrogen-bond acceptors (Lipinski definition) is 3. The number of pyridine rings is 2. The van der Waals surface area contributed by atoms with Crippen molar-refractivity contribution in [1.29, 1.82) is 0 Å². The Balaban J connectivity index is 2.00. The summed E-state index contributed by atoms with van der Waals surface area (Å²) in [6.07, 6.45) is 4.01. The van der Waals surface area contributed by atoms with E-state index >= 15 is 0 Å². The van der Waals surface area contributed by atoms with Crippen LogP contribution in [-0.4, -0.2) is 9.97 Å². The van der Waals surface area contributed by atoms with Crippen LogP contribution in [0.4, 0.5) is 4.39 Å². The molecule has 2 aromatic heterocycles. The van der Waals surface area contributed by atoms with Gasteiger partial charge in [-0.05, 0) is 37.1 Å². The number of nitrogens with zero attached hydrogens (tertiary/aromatic N) is 2. The van der Waals surface area contributed by atoms with Crippen molar-refractivity contribution in [3.63, 3.8) is 0 Å². The Bertz CT molecular complexity index is 525. The summed E-state index contributed by atoms with van der Waals surface area (Å²) >= 11 is 0. The van der Waals surface area contributed by atoms with Crippen LogP contribution in [0.25, 0.3) is 0 Å². The maximum absolute atomic E-state index is 12.8. The Morgan fingerprint density at radius 2 is 2.11 bits per heavy atom. The molecule has 0 saturated carbocycles. The number of rotatable bonds is 5. The van der Waals surface area contributed by atoms with Crippen molar-refractivity contribution >= 4 is 0 Å². The Labute approximate surface area is 112 Å². The van der Waals surface area contributed by atoms with Crippen molar-refractivity contribution < 1.29 is 4.39 Å². The lowest BCUT2D eigenvalue weighted by molar-refractivity contribution is 0.547. The molecule has 0 aromatic carbocycles. The van der Waals surface area contributed by atoms with E-state index in [1.807, 2.05) is 13.0 Å². The quantitative estimate of drug-likeness (QED) is 0.897. The van der Waals surface area contributed by atoms with E-state index in [2.05, 4.69) is 28.3 Å². The van der Waals surface area contributed by atoms with Gasteiger partial charge in [0.15, 0.2) is 0 Å². The molecule has 4 heteroatoms. The van der Waals surface area contributed by atoms with E-state index in [1.165, 1.54) is 17.8 Å². The van der Waals surface area contributed by atoms with E-state index in [-0.39, 0.29) is 11.9 Å². The van der Waals surface area contributed by atoms with Crippen molar-refractivity contribution in [3.8, 4) is 0 Å². The molecule has 0 aliphatic heterocycles. The SMILES string of the molecule is CCc1cccnc1CNC(C)c1ccc(F)cn1. The summed E-state index contributed by atoms with van der Waals surface area (Å²) in [5.41, 5.74) is 3.13. The predicted octanol–water partition coefficient (Wildman–Crippen LogP) is 3.03. The molecule has 0 bridgehead atoms. The van der Waals surface area contributed by atoms with Crippen LogP contribution >= 0.6 is 0 Å². The first kappa shape index (κ1) is 13.6. The van der Waals surface area contributed by atoms with Crippen LogP contribution < -0.4 is 5.32 Å². The number of halogens is 1. The molecule has 0 spiro atoms. The Morgan fingerprint density at radius 3 is 2.79 bits per heavy atom. The van der Waals surface area contributed by atoms with E-state index in [0.29, 0.717) is 6.54 Å². The zero-order valence-electron chi connectivity index (χ0n) is 11.2. The molecule has 3 nitrogen and oxygen atoms in total. The van der Waals surface area contributed by atoms with Crippen LogP contribution in [0.3, 0.4) is 0 Å². The summed E-state index contributed by atoms with van der Waals surface area (Å²) in [5, 5.41) is 3.36. The average Bonchev–Trinajstić information content (AvgIpc) is 2.45. The van der Waals surface area contributed by atoms with Crippen molar-refractivity contribution in [3.05, 3.63) is 59.4 Å². The van der Waals surface area contributed by atoms with E-state index in [0.717, 1.165) is 17.8 Å². The Hall–Kier alpha value is -1.81. The summed E-state index contributed by atoms with van der Waals surface area (Å²) in [6, 6.07) is 7.23. The van der Waals surface area contributed by atoms with E-state index in [9.17, 15) is 4.39 Å². The molecule has 100 valence electrons. The number of nitrogens with one attached hydrogen (secondary N) is 1. The first-order valence-electron chi connectivity index (χ1n) is 6.48. The first-order valence-corrected chi connectivity index (χ1v) is 6.48. The van der Waals surface area contributed by atoms with Gasteiger partial charge < -0.3 is 5.32 Å². The van der Waals surface area contributed by atoms with Gasteiger partial charge >= 0.3 is 0 Å². The molecule has 1 N–H and O–H groups in total. The van der Waals surface area contributed by atoms with Gasteiger partial charge in [0.2, 0.25) is 0 Å². The third kappa shape index (κ3) is 3.58. The monoisotopic (exact) mass is 259 g/mol. The van der Waals surface area contributed by atoms with Gasteiger partial charge in [-0.3, -0.25) is 9.97 Å². The second-order valence-electron chi connectivity index (χ2n) is 4.47. The van der Waals surface area contributed by atoms with Gasteiger partial charge in [0, 0.05) is 18.8 Å². The average molecular weight is 259 g/mol. The lowest BCUT2D eigenvalue weighted by Crippen LogP contribution is -2.20. The largest absolute Gasteiger partial charge is 0.303 e. The Kier molecular flexibility index (Phi) is 4.58. The molecule has 2 aromatic rings. The normalized spacial score (nSPS) is 12.4. The van der Waals surface area contributed by atoms with Gasteiger partial charge in [0.05, 0.1) is 17.6 Å². The molecule has 0 aliphatic rings. The lowest BCUT2D eigenvalue weighted by atomic mass is 10.1. The van der Waals surface area contributed by atoms with Crippen LogP contribution in [0, 0.1) is 5.82 Å². The van der Waals surface area contributed by atoms with Crippen molar-refractivity contribution in [2.75, 3.05) is 0 Å². The van der Waals surface area contributed by atoms with E-state index in [4.69, 9.17) is 0 Å². The molecule has 0 aliphatic carbocycles. The van der Waals surface area contributed by atoms with Crippen LogP contribution in [-0.2, 0) is 13.0 Å². The van der Waals surface area contributed by atoms with E-state index < -0.39 is 0 Å². The minimum absolute atomic E-state index is 0.0623. The molecule has 1 atom stereocenters. The lowest BCUT2D eigenvalue weighted by Gasteiger charge is -2.14. The molecular weight excluding hydrogens is 241 g/mol. The molecule has 0 saturated heterocycles. The van der Waals surface area contributed by atoms with Crippen molar-refractivity contribution in [2.24, 2.45) is 0 Å². The molecule has 0 amide bonds. The van der Waals surface area contributed by atoms with Crippen molar-refractivity contribution in [2.45, 2.75) is 32.9 Å². The summed E-state index contributed by atoms with van der Waals surface area (Å²) in [5.74, 6) is -0.311. The topological polar surface area (TPSA) is 37.8 Å². The van der Waals surface area contributed by atoms with Crippen LogP contribution in [0.2, 0.25) is 0 Å². The van der Waals surface area contributed by atoms with Gasteiger partial charge in [0.25, 0.3) is 0 Å². The van der Waals surface area contributed by atoms with Gasteiger partial charge in [-0.1, -0.05) is 13.0 Å². The van der Waals surface area contributed by atoms with Crippen molar-refractivity contribution in [1.82, 2.24) is 15.3 Å². The molecule has 2 rings (SSSR count). The minimum Gasteiger partial charge on any atom is -0.303 e. The maximum Gasteiger partial charge on any atom is 0.141 e. The molecular formula is C15H18FN3. The maximum atomic E-state index is 12.8. The molecule has 0 fully saturated rings. The highest BCUT2D eigenvalue weighted by Crippen LogP contribution is 2.12. The number of aromatic nitrogens is 2. The summed E-state index contributed by atoms with van der Waals surface area (Å²) in [7, 11) is 0. The second-order valence-corrected chi connectivity index (χ2v) is 4.47. The fourth-order valence-electron chi connectivity index (χ4n) is 1.95. The highest BCUT2D eigenvalue weighted by Gasteiger charge is 2.08. The molecule has 19 heavy (non-hydrogen) atoms. The standard InChI is InChI=1S/C15H18FN3/c1-3-12-5-4-8-17-15(12)10-18-11(2)14-7-6-13(16)9-19-14/h4-9,11,18H,3,10H2,1-2H3. The highest BCUT2D eigenvalue weighted by atomic mass is 19.1. The Morgan fingerprint density at radius 1 is 1.26 bits per heavy atom. The van der Waals surface area contributed by atoms with Gasteiger partial charge in [-0.15, -0.1) is 0 Å². The van der Waals surface area contributed by atoms with Crippen LogP contribution in [0.5, 0.6) is 0 Å². The van der Waals surface area contributed by atoms with E-state index in [1.54, 1.807) is 12.3 Å². The fourth-order valence-corrected chi connectivity index (χ4v) is 1.95. The smallest absolute Gasteiger partial charge is 0.141 e. The van der Waals surface area contributed by atoms with Gasteiger partial charge in [-0.25, -0.2) is 4.39 Å². The van der Waals surface area contributed by atoms with Gasteiger partial charge in [0.1, 0.15) is 5.82 Å². The molecule has 0 radical (unpaired) electrons. The van der Waals surface area contributed by atoms with Gasteiger partial charge in [-0.2, -0.15) is 0 Å². The molecule has 2 heterocycles. The third-order valence-corrected chi connectivity index (χ3v) is 3.14. The number of aryl methyl sites for hydroxylation is 1.